The van der Waals surface area contributed by atoms with Crippen molar-refractivity contribution in [3.8, 4) is 5.75 Å². The number of nitrogens with one attached hydrogen (secondary N) is 1. The van der Waals surface area contributed by atoms with Gasteiger partial charge in [0.15, 0.2) is 0 Å². The number of hydrogen-bond donors (Lipinski definition) is 1. The van der Waals surface area contributed by atoms with Crippen LogP contribution in [0.4, 0.5) is 5.69 Å². The molecule has 4 nitrogen and oxygen atoms in total. The number of carbonyl (C=O) groups excluding carboxylic acids is 1. The lowest BCUT2D eigenvalue weighted by atomic mass is 10.0. The maximum atomic E-state index is 12.4. The van der Waals surface area contributed by atoms with Crippen LogP contribution in [0.1, 0.15) is 26.7 Å². The van der Waals surface area contributed by atoms with Crippen molar-refractivity contribution in [3.05, 3.63) is 24.3 Å². The Labute approximate surface area is 114 Å². The van der Waals surface area contributed by atoms with Crippen molar-refractivity contribution in [2.45, 2.75) is 32.7 Å². The van der Waals surface area contributed by atoms with Crippen molar-refractivity contribution in [2.24, 2.45) is 0 Å². The topological polar surface area (TPSA) is 41.6 Å². The highest BCUT2D eigenvalue weighted by Gasteiger charge is 2.28. The Morgan fingerprint density at radius 1 is 1.42 bits per heavy atom. The molecule has 19 heavy (non-hydrogen) atoms. The summed E-state index contributed by atoms with van der Waals surface area (Å²) in [6.07, 6.45) is 1.95. The molecule has 1 unspecified atom stereocenters. The van der Waals surface area contributed by atoms with Gasteiger partial charge in [-0.15, -0.1) is 0 Å². The van der Waals surface area contributed by atoms with E-state index in [1.807, 2.05) is 43.0 Å². The second-order valence-corrected chi connectivity index (χ2v) is 4.67. The van der Waals surface area contributed by atoms with Crippen molar-refractivity contribution in [3.63, 3.8) is 0 Å². The zero-order chi connectivity index (χ0) is 13.7. The smallest absolute Gasteiger partial charge is 0.244 e. The summed E-state index contributed by atoms with van der Waals surface area (Å²) in [5.41, 5.74) is 0.929. The van der Waals surface area contributed by atoms with Crippen molar-refractivity contribution in [1.29, 1.82) is 0 Å². The van der Waals surface area contributed by atoms with Gasteiger partial charge in [-0.05, 0) is 38.4 Å². The van der Waals surface area contributed by atoms with Gasteiger partial charge in [-0.3, -0.25) is 4.79 Å². The zero-order valence-corrected chi connectivity index (χ0v) is 11.7. The molecule has 1 N–H and O–H groups in total. The van der Waals surface area contributed by atoms with E-state index in [0.29, 0.717) is 6.61 Å². The van der Waals surface area contributed by atoms with Crippen LogP contribution >= 0.6 is 0 Å². The number of nitrogens with zero attached hydrogens (tertiary/aromatic N) is 1. The number of carbonyl (C=O) groups is 1. The largest absolute Gasteiger partial charge is 0.494 e. The second-order valence-electron chi connectivity index (χ2n) is 4.67. The van der Waals surface area contributed by atoms with E-state index in [1.54, 1.807) is 0 Å². The first kappa shape index (κ1) is 13.9. The molecule has 1 saturated heterocycles. The summed E-state index contributed by atoms with van der Waals surface area (Å²) < 4.78 is 5.49. The Balaban J connectivity index is 2.15. The van der Waals surface area contributed by atoms with Crippen LogP contribution in [0.3, 0.4) is 0 Å². The number of anilines is 1. The second kappa shape index (κ2) is 6.57. The predicted octanol–water partition coefficient (Wildman–Crippen LogP) is 2.19. The summed E-state index contributed by atoms with van der Waals surface area (Å²) >= 11 is 0. The molecule has 1 aliphatic rings. The fourth-order valence-corrected chi connectivity index (χ4v) is 2.48. The predicted molar refractivity (Wildman–Crippen MR) is 76.7 cm³/mol. The highest BCUT2D eigenvalue weighted by molar-refractivity contribution is 5.98. The van der Waals surface area contributed by atoms with E-state index in [4.69, 9.17) is 4.74 Å². The van der Waals surface area contributed by atoms with Crippen LogP contribution in [0.15, 0.2) is 24.3 Å². The monoisotopic (exact) mass is 262 g/mol. The van der Waals surface area contributed by atoms with Crippen LogP contribution in [-0.2, 0) is 4.79 Å². The molecule has 1 heterocycles. The highest BCUT2D eigenvalue weighted by Crippen LogP contribution is 2.25. The molecule has 0 spiro atoms. The van der Waals surface area contributed by atoms with Gasteiger partial charge in [-0.2, -0.15) is 0 Å². The van der Waals surface area contributed by atoms with Crippen molar-refractivity contribution >= 4 is 11.6 Å². The van der Waals surface area contributed by atoms with E-state index in [2.05, 4.69) is 5.32 Å². The molecule has 0 aromatic heterocycles. The summed E-state index contributed by atoms with van der Waals surface area (Å²) in [7, 11) is 0. The number of rotatable bonds is 5. The highest BCUT2D eigenvalue weighted by atomic mass is 16.5. The molecule has 0 bridgehead atoms. The maximum absolute atomic E-state index is 12.4. The minimum atomic E-state index is -0.0468. The summed E-state index contributed by atoms with van der Waals surface area (Å²) in [6.45, 7) is 6.23. The van der Waals surface area contributed by atoms with E-state index >= 15 is 0 Å². The first-order chi connectivity index (χ1) is 9.26. The molecule has 1 fully saturated rings. The summed E-state index contributed by atoms with van der Waals surface area (Å²) in [5, 5.41) is 3.25. The number of likely N-dealkylation sites (N-methyl/N-ethyl adjacent to an activating group) is 1. The lowest BCUT2D eigenvalue weighted by Gasteiger charge is -2.32. The van der Waals surface area contributed by atoms with E-state index in [9.17, 15) is 4.79 Å². The molecule has 1 amide bonds. The molecule has 1 aliphatic heterocycles. The van der Waals surface area contributed by atoms with E-state index in [1.165, 1.54) is 0 Å². The van der Waals surface area contributed by atoms with E-state index in [0.717, 1.165) is 37.4 Å². The van der Waals surface area contributed by atoms with Gasteiger partial charge < -0.3 is 15.0 Å². The summed E-state index contributed by atoms with van der Waals surface area (Å²) in [6, 6.07) is 7.72. The average molecular weight is 262 g/mol. The molecule has 1 aromatic rings. The minimum Gasteiger partial charge on any atom is -0.494 e. The van der Waals surface area contributed by atoms with Crippen LogP contribution in [0.5, 0.6) is 5.75 Å². The van der Waals surface area contributed by atoms with Crippen molar-refractivity contribution < 1.29 is 9.53 Å². The molecule has 0 radical (unpaired) electrons. The third-order valence-electron chi connectivity index (χ3n) is 3.33. The molecule has 2 rings (SSSR count). The lowest BCUT2D eigenvalue weighted by Crippen LogP contribution is -2.50. The van der Waals surface area contributed by atoms with Gasteiger partial charge in [0.2, 0.25) is 5.91 Å². The first-order valence-corrected chi connectivity index (χ1v) is 7.04. The van der Waals surface area contributed by atoms with E-state index < -0.39 is 0 Å². The fourth-order valence-electron chi connectivity index (χ4n) is 2.48. The average Bonchev–Trinajstić information content (AvgIpc) is 2.42. The van der Waals surface area contributed by atoms with Crippen LogP contribution in [-0.4, -0.2) is 31.6 Å². The Morgan fingerprint density at radius 2 is 2.26 bits per heavy atom. The molecule has 104 valence electrons. The van der Waals surface area contributed by atoms with Crippen LogP contribution in [0.2, 0.25) is 0 Å². The fraction of sp³-hybridized carbons (Fsp3) is 0.533. The molecule has 0 aliphatic carbocycles. The first-order valence-electron chi connectivity index (χ1n) is 7.04. The molecule has 4 heteroatoms. The van der Waals surface area contributed by atoms with Gasteiger partial charge in [-0.25, -0.2) is 0 Å². The molecular weight excluding hydrogens is 240 g/mol. The standard InChI is InChI=1S/C15H22N2O2/c1-3-16-14-9-6-10-17(15(14)18)12-7-5-8-13(11-12)19-4-2/h5,7-8,11,14,16H,3-4,6,9-10H2,1-2H3. The van der Waals surface area contributed by atoms with Crippen LogP contribution < -0.4 is 15.0 Å². The van der Waals surface area contributed by atoms with Gasteiger partial charge in [0.25, 0.3) is 0 Å². The quantitative estimate of drug-likeness (QED) is 0.884. The lowest BCUT2D eigenvalue weighted by molar-refractivity contribution is -0.121. The molecule has 0 saturated carbocycles. The number of hydrogen-bond acceptors (Lipinski definition) is 3. The SMILES string of the molecule is CCNC1CCCN(c2cccc(OCC)c2)C1=O. The van der Waals surface area contributed by atoms with Crippen LogP contribution in [0.25, 0.3) is 0 Å². The van der Waals surface area contributed by atoms with Gasteiger partial charge in [-0.1, -0.05) is 13.0 Å². The van der Waals surface area contributed by atoms with Crippen LogP contribution in [0, 0.1) is 0 Å². The minimum absolute atomic E-state index is 0.0468. The number of amides is 1. The Morgan fingerprint density at radius 3 is 3.00 bits per heavy atom. The van der Waals surface area contributed by atoms with Gasteiger partial charge in [0.05, 0.1) is 12.6 Å². The zero-order valence-electron chi connectivity index (χ0n) is 11.7. The summed E-state index contributed by atoms with van der Waals surface area (Å²) in [4.78, 5) is 14.3. The maximum Gasteiger partial charge on any atom is 0.244 e. The Bertz CT molecular complexity index is 432. The number of benzene rings is 1. The van der Waals surface area contributed by atoms with Gasteiger partial charge in [0.1, 0.15) is 5.75 Å². The molecular formula is C15H22N2O2. The number of piperidine rings is 1. The summed E-state index contributed by atoms with van der Waals surface area (Å²) in [5.74, 6) is 0.986. The third kappa shape index (κ3) is 3.26. The molecule has 1 aromatic carbocycles. The van der Waals surface area contributed by atoms with Gasteiger partial charge >= 0.3 is 0 Å². The van der Waals surface area contributed by atoms with E-state index in [-0.39, 0.29) is 11.9 Å². The van der Waals surface area contributed by atoms with Gasteiger partial charge in [0, 0.05) is 18.3 Å². The van der Waals surface area contributed by atoms with Crippen molar-refractivity contribution in [2.75, 3.05) is 24.6 Å². The Hall–Kier alpha value is -1.55. The normalized spacial score (nSPS) is 19.6. The van der Waals surface area contributed by atoms with Crippen molar-refractivity contribution in [1.82, 2.24) is 5.32 Å². The molecule has 1 atom stereocenters. The number of ether oxygens (including phenoxy) is 1. The Kier molecular flexibility index (Phi) is 4.80. The third-order valence-corrected chi connectivity index (χ3v) is 3.33.